The molecule has 0 aliphatic carbocycles. The zero-order chi connectivity index (χ0) is 9.14. The van der Waals surface area contributed by atoms with E-state index in [1.54, 1.807) is 0 Å². The van der Waals surface area contributed by atoms with E-state index in [2.05, 4.69) is 15.0 Å². The lowest BCUT2D eigenvalue weighted by Crippen LogP contribution is -2.22. The Hall–Kier alpha value is -1.56. The van der Waals surface area contributed by atoms with Crippen LogP contribution in [0.4, 0.5) is 11.6 Å². The third-order valence-corrected chi connectivity index (χ3v) is 1.23. The summed E-state index contributed by atoms with van der Waals surface area (Å²) in [5.74, 6) is 0.188. The summed E-state index contributed by atoms with van der Waals surface area (Å²) >= 11 is 5.59. The predicted octanol–water partition coefficient (Wildman–Crippen LogP) is -0.383. The number of hydrogen-bond donors (Lipinski definition) is 3. The summed E-state index contributed by atoms with van der Waals surface area (Å²) < 4.78 is 0. The van der Waals surface area contributed by atoms with Crippen LogP contribution in [-0.2, 0) is 0 Å². The number of aliphatic imine (C=N–C) groups is 1. The molecule has 0 radical (unpaired) electrons. The fourth-order valence-electron chi connectivity index (χ4n) is 0.571. The third kappa shape index (κ3) is 1.96. The first-order valence-electron chi connectivity index (χ1n) is 2.97. The Morgan fingerprint density at radius 3 is 2.75 bits per heavy atom. The van der Waals surface area contributed by atoms with Gasteiger partial charge >= 0.3 is 0 Å². The van der Waals surface area contributed by atoms with E-state index in [0.29, 0.717) is 0 Å². The number of nitrogens with zero attached hydrogens (tertiary/aromatic N) is 3. The van der Waals surface area contributed by atoms with E-state index in [9.17, 15) is 0 Å². The maximum atomic E-state index is 5.59. The summed E-state index contributed by atoms with van der Waals surface area (Å²) in [4.78, 5) is 11.0. The molecule has 1 aromatic rings. The van der Waals surface area contributed by atoms with Crippen molar-refractivity contribution in [2.24, 2.45) is 16.5 Å². The second kappa shape index (κ2) is 3.22. The first-order valence-corrected chi connectivity index (χ1v) is 3.35. The third-order valence-electron chi connectivity index (χ3n) is 0.965. The second-order valence-corrected chi connectivity index (χ2v) is 2.30. The Bertz CT molecular complexity index is 318. The van der Waals surface area contributed by atoms with Gasteiger partial charge < -0.3 is 17.2 Å². The standard InChI is InChI=1S/C5H7ClN6/c6-3-4(12-5(8)9)11-2(7)1-10-3/h1H,(H6,7,8,9,11,12). The fraction of sp³-hybridized carbons (Fsp3) is 0. The van der Waals surface area contributed by atoms with Gasteiger partial charge in [0.1, 0.15) is 5.82 Å². The van der Waals surface area contributed by atoms with Crippen molar-refractivity contribution in [1.29, 1.82) is 0 Å². The van der Waals surface area contributed by atoms with E-state index in [1.807, 2.05) is 0 Å². The molecule has 0 aromatic carbocycles. The lowest BCUT2D eigenvalue weighted by atomic mass is 10.6. The molecule has 0 spiro atoms. The largest absolute Gasteiger partial charge is 0.382 e. The first kappa shape index (κ1) is 8.54. The predicted molar refractivity (Wildman–Crippen MR) is 46.9 cm³/mol. The maximum Gasteiger partial charge on any atom is 0.195 e. The van der Waals surface area contributed by atoms with Gasteiger partial charge in [0, 0.05) is 0 Å². The molecule has 6 N–H and O–H groups in total. The number of anilines is 1. The molecule has 0 fully saturated rings. The van der Waals surface area contributed by atoms with Gasteiger partial charge in [0.25, 0.3) is 0 Å². The van der Waals surface area contributed by atoms with Crippen molar-refractivity contribution in [3.05, 3.63) is 11.3 Å². The normalized spacial score (nSPS) is 9.42. The van der Waals surface area contributed by atoms with E-state index in [-0.39, 0.29) is 22.7 Å². The van der Waals surface area contributed by atoms with Gasteiger partial charge in [0.2, 0.25) is 0 Å². The number of halogens is 1. The van der Waals surface area contributed by atoms with Crippen LogP contribution >= 0.6 is 11.6 Å². The molecule has 0 aliphatic rings. The van der Waals surface area contributed by atoms with Gasteiger partial charge in [-0.05, 0) is 0 Å². The van der Waals surface area contributed by atoms with Crippen LogP contribution in [0.2, 0.25) is 5.15 Å². The highest BCUT2D eigenvalue weighted by Gasteiger charge is 2.01. The van der Waals surface area contributed by atoms with Crippen molar-refractivity contribution < 1.29 is 0 Å². The first-order chi connectivity index (χ1) is 5.59. The molecule has 1 aromatic heterocycles. The van der Waals surface area contributed by atoms with E-state index in [0.717, 1.165) is 0 Å². The number of nitrogen functional groups attached to an aromatic ring is 1. The Morgan fingerprint density at radius 2 is 2.17 bits per heavy atom. The van der Waals surface area contributed by atoms with E-state index < -0.39 is 0 Å². The lowest BCUT2D eigenvalue weighted by Gasteiger charge is -1.97. The van der Waals surface area contributed by atoms with Gasteiger partial charge in [-0.2, -0.15) is 4.99 Å². The molecule has 6 nitrogen and oxygen atoms in total. The van der Waals surface area contributed by atoms with E-state index in [4.69, 9.17) is 28.8 Å². The molecule has 12 heavy (non-hydrogen) atoms. The average molecular weight is 187 g/mol. The second-order valence-electron chi connectivity index (χ2n) is 1.95. The molecule has 64 valence electrons. The van der Waals surface area contributed by atoms with E-state index >= 15 is 0 Å². The van der Waals surface area contributed by atoms with Crippen LogP contribution in [0.15, 0.2) is 11.2 Å². The van der Waals surface area contributed by atoms with Crippen LogP contribution in [0, 0.1) is 0 Å². The number of nitrogens with two attached hydrogens (primary N) is 3. The van der Waals surface area contributed by atoms with Crippen LogP contribution in [0.25, 0.3) is 0 Å². The quantitative estimate of drug-likeness (QED) is 0.408. The Balaban J connectivity index is 3.14. The number of aromatic nitrogens is 2. The molecule has 0 saturated heterocycles. The molecule has 0 atom stereocenters. The molecular formula is C5H7ClN6. The van der Waals surface area contributed by atoms with Gasteiger partial charge in [0.15, 0.2) is 16.9 Å². The van der Waals surface area contributed by atoms with Crippen molar-refractivity contribution in [1.82, 2.24) is 9.97 Å². The number of rotatable bonds is 1. The van der Waals surface area contributed by atoms with Crippen LogP contribution in [0.3, 0.4) is 0 Å². The SMILES string of the molecule is NC(N)=Nc1nc(N)cnc1Cl. The van der Waals surface area contributed by atoms with Gasteiger partial charge in [-0.25, -0.2) is 9.97 Å². The van der Waals surface area contributed by atoms with Crippen LogP contribution < -0.4 is 17.2 Å². The van der Waals surface area contributed by atoms with Crippen molar-refractivity contribution in [2.45, 2.75) is 0 Å². The van der Waals surface area contributed by atoms with Gasteiger partial charge in [0.05, 0.1) is 6.20 Å². The van der Waals surface area contributed by atoms with Crippen molar-refractivity contribution >= 4 is 29.2 Å². The highest BCUT2D eigenvalue weighted by molar-refractivity contribution is 6.31. The topological polar surface area (TPSA) is 116 Å². The summed E-state index contributed by atoms with van der Waals surface area (Å²) in [6.45, 7) is 0. The highest BCUT2D eigenvalue weighted by Crippen LogP contribution is 2.19. The number of guanidine groups is 1. The van der Waals surface area contributed by atoms with Crippen LogP contribution in [0.5, 0.6) is 0 Å². The number of hydrogen-bond acceptors (Lipinski definition) is 4. The molecular weight excluding hydrogens is 180 g/mol. The molecule has 0 unspecified atom stereocenters. The van der Waals surface area contributed by atoms with Crippen molar-refractivity contribution in [3.63, 3.8) is 0 Å². The smallest absolute Gasteiger partial charge is 0.195 e. The molecule has 7 heteroatoms. The van der Waals surface area contributed by atoms with Crippen LogP contribution in [0.1, 0.15) is 0 Å². The monoisotopic (exact) mass is 186 g/mol. The minimum atomic E-state index is -0.142. The minimum absolute atomic E-state index is 0.109. The zero-order valence-electron chi connectivity index (χ0n) is 6.03. The maximum absolute atomic E-state index is 5.59. The molecule has 1 heterocycles. The molecule has 0 bridgehead atoms. The Kier molecular flexibility index (Phi) is 2.29. The summed E-state index contributed by atoms with van der Waals surface area (Å²) in [7, 11) is 0. The minimum Gasteiger partial charge on any atom is -0.382 e. The summed E-state index contributed by atoms with van der Waals surface area (Å²) in [6, 6.07) is 0. The molecule has 0 aliphatic heterocycles. The molecule has 0 amide bonds. The highest BCUT2D eigenvalue weighted by atomic mass is 35.5. The van der Waals surface area contributed by atoms with Gasteiger partial charge in [-0.3, -0.25) is 0 Å². The molecule has 1 rings (SSSR count). The van der Waals surface area contributed by atoms with Crippen molar-refractivity contribution in [2.75, 3.05) is 5.73 Å². The Morgan fingerprint density at radius 1 is 1.50 bits per heavy atom. The van der Waals surface area contributed by atoms with Crippen LogP contribution in [-0.4, -0.2) is 15.9 Å². The Labute approximate surface area is 73.5 Å². The summed E-state index contributed by atoms with van der Waals surface area (Å²) in [6.07, 6.45) is 1.31. The fourth-order valence-corrected chi connectivity index (χ4v) is 0.705. The zero-order valence-corrected chi connectivity index (χ0v) is 6.78. The molecule has 0 saturated carbocycles. The summed E-state index contributed by atoms with van der Waals surface area (Å²) in [5, 5.41) is 0.109. The summed E-state index contributed by atoms with van der Waals surface area (Å²) in [5.41, 5.74) is 15.5. The van der Waals surface area contributed by atoms with Gasteiger partial charge in [-0.1, -0.05) is 11.6 Å². The average Bonchev–Trinajstić information content (AvgIpc) is 1.96. The van der Waals surface area contributed by atoms with Gasteiger partial charge in [-0.15, -0.1) is 0 Å². The lowest BCUT2D eigenvalue weighted by molar-refractivity contribution is 1.18. The van der Waals surface area contributed by atoms with Crippen molar-refractivity contribution in [3.8, 4) is 0 Å². The van der Waals surface area contributed by atoms with E-state index in [1.165, 1.54) is 6.20 Å².